The van der Waals surface area contributed by atoms with Crippen molar-refractivity contribution in [2.75, 3.05) is 16.0 Å². The predicted molar refractivity (Wildman–Crippen MR) is 152 cm³/mol. The van der Waals surface area contributed by atoms with Gasteiger partial charge in [0.1, 0.15) is 5.82 Å². The molecular weight excluding hydrogens is 572 g/mol. The lowest BCUT2D eigenvalue weighted by molar-refractivity contribution is -0.116. The standard InChI is InChI=1S/C27H21ClN6O4S2/c28-16-4-1-3-15(11-16)22-18(12-29)24(30)34(19-5-2-6-20(35)23(19)22)26-32-33-27(40-26)39-13-21(36)31-17-9-7-14(8-10-17)25(37)38/h1,3-4,7-11,22H,2,5-6,13,30H2,(H,31,36)(H,37,38). The summed E-state index contributed by atoms with van der Waals surface area (Å²) in [5.74, 6) is -1.82. The number of anilines is 2. The molecule has 1 atom stereocenters. The second-order valence-corrected chi connectivity index (χ2v) is 11.6. The molecule has 1 aromatic heterocycles. The molecule has 2 aliphatic rings. The number of hydrogen-bond acceptors (Lipinski definition) is 10. The van der Waals surface area contributed by atoms with Crippen LogP contribution in [0.5, 0.6) is 0 Å². The number of aromatic carboxylic acids is 1. The molecule has 5 rings (SSSR count). The molecule has 1 aliphatic carbocycles. The van der Waals surface area contributed by atoms with Gasteiger partial charge >= 0.3 is 5.97 Å². The number of carbonyl (C=O) groups is 3. The van der Waals surface area contributed by atoms with Crippen molar-refractivity contribution < 1.29 is 19.5 Å². The molecule has 0 saturated heterocycles. The molecule has 0 saturated carbocycles. The topological polar surface area (TPSA) is 162 Å². The number of thioether (sulfide) groups is 1. The third kappa shape index (κ3) is 5.44. The fourth-order valence-corrected chi connectivity index (χ4v) is 6.58. The van der Waals surface area contributed by atoms with Crippen LogP contribution in [0, 0.1) is 11.3 Å². The highest BCUT2D eigenvalue weighted by atomic mass is 35.5. The van der Waals surface area contributed by atoms with Crippen molar-refractivity contribution in [1.82, 2.24) is 10.2 Å². The number of rotatable bonds is 7. The number of allylic oxidation sites excluding steroid dienone is 3. The van der Waals surface area contributed by atoms with E-state index in [2.05, 4.69) is 21.6 Å². The average molecular weight is 593 g/mol. The molecule has 13 heteroatoms. The van der Waals surface area contributed by atoms with Crippen LogP contribution in [-0.4, -0.2) is 38.7 Å². The molecule has 1 unspecified atom stereocenters. The van der Waals surface area contributed by atoms with E-state index in [1.54, 1.807) is 23.1 Å². The number of aromatic nitrogens is 2. The Hall–Kier alpha value is -4.18. The van der Waals surface area contributed by atoms with E-state index in [0.717, 1.165) is 0 Å². The second-order valence-electron chi connectivity index (χ2n) is 8.94. The summed E-state index contributed by atoms with van der Waals surface area (Å²) in [4.78, 5) is 38.3. The van der Waals surface area contributed by atoms with Crippen molar-refractivity contribution in [3.63, 3.8) is 0 Å². The van der Waals surface area contributed by atoms with E-state index in [4.69, 9.17) is 22.4 Å². The molecule has 40 heavy (non-hydrogen) atoms. The highest BCUT2D eigenvalue weighted by Gasteiger charge is 2.41. The fraction of sp³-hybridized carbons (Fsp3) is 0.185. The summed E-state index contributed by atoms with van der Waals surface area (Å²) in [6.45, 7) is 0. The third-order valence-corrected chi connectivity index (χ3v) is 8.70. The molecule has 0 bridgehead atoms. The maximum absolute atomic E-state index is 13.2. The number of nitriles is 1. The number of halogens is 1. The van der Waals surface area contributed by atoms with E-state index in [1.807, 2.05) is 6.07 Å². The fourth-order valence-electron chi connectivity index (χ4n) is 4.70. The minimum absolute atomic E-state index is 0.0351. The SMILES string of the molecule is N#CC1=C(N)N(c2nnc(SCC(=O)Nc3ccc(C(=O)O)cc3)s2)C2=C(C(=O)CCC2)C1c1cccc(Cl)c1. The van der Waals surface area contributed by atoms with Crippen LogP contribution in [0.4, 0.5) is 10.8 Å². The summed E-state index contributed by atoms with van der Waals surface area (Å²) in [5.41, 5.74) is 9.30. The van der Waals surface area contributed by atoms with E-state index < -0.39 is 11.9 Å². The number of nitrogens with zero attached hydrogens (tertiary/aromatic N) is 4. The van der Waals surface area contributed by atoms with Crippen LogP contribution >= 0.6 is 34.7 Å². The maximum Gasteiger partial charge on any atom is 0.335 e. The lowest BCUT2D eigenvalue weighted by Crippen LogP contribution is -2.38. The first-order valence-corrected chi connectivity index (χ1v) is 14.3. The molecular formula is C27H21ClN6O4S2. The van der Waals surface area contributed by atoms with Crippen LogP contribution in [0.15, 0.2) is 75.5 Å². The monoisotopic (exact) mass is 592 g/mol. The number of hydrogen-bond donors (Lipinski definition) is 3. The number of carboxylic acid groups (broad SMARTS) is 1. The minimum Gasteiger partial charge on any atom is -0.478 e. The Kier molecular flexibility index (Phi) is 7.88. The van der Waals surface area contributed by atoms with E-state index in [1.165, 1.54) is 47.4 Å². The van der Waals surface area contributed by atoms with Crippen LogP contribution in [0.25, 0.3) is 0 Å². The molecule has 3 aromatic rings. The summed E-state index contributed by atoms with van der Waals surface area (Å²) in [7, 11) is 0. The van der Waals surface area contributed by atoms with Crippen molar-refractivity contribution in [1.29, 1.82) is 5.26 Å². The number of nitrogens with two attached hydrogens (primary N) is 1. The lowest BCUT2D eigenvalue weighted by atomic mass is 9.76. The Balaban J connectivity index is 1.38. The van der Waals surface area contributed by atoms with Crippen LogP contribution in [0.3, 0.4) is 0 Å². The highest BCUT2D eigenvalue weighted by Crippen LogP contribution is 2.47. The number of carbonyl (C=O) groups excluding carboxylic acids is 2. The molecule has 10 nitrogen and oxygen atoms in total. The van der Waals surface area contributed by atoms with E-state index in [0.29, 0.717) is 56.3 Å². The van der Waals surface area contributed by atoms with Gasteiger partial charge in [-0.15, -0.1) is 10.2 Å². The van der Waals surface area contributed by atoms with Crippen molar-refractivity contribution in [2.24, 2.45) is 5.73 Å². The highest BCUT2D eigenvalue weighted by molar-refractivity contribution is 8.01. The third-order valence-electron chi connectivity index (χ3n) is 6.42. The molecule has 2 heterocycles. The minimum atomic E-state index is -1.05. The maximum atomic E-state index is 13.2. The summed E-state index contributed by atoms with van der Waals surface area (Å²) >= 11 is 8.60. The first-order valence-electron chi connectivity index (χ1n) is 12.1. The summed E-state index contributed by atoms with van der Waals surface area (Å²) < 4.78 is 0.499. The predicted octanol–water partition coefficient (Wildman–Crippen LogP) is 4.93. The molecule has 0 fully saturated rings. The number of benzene rings is 2. The van der Waals surface area contributed by atoms with Gasteiger partial charge in [0.2, 0.25) is 11.0 Å². The Morgan fingerprint density at radius 3 is 2.70 bits per heavy atom. The smallest absolute Gasteiger partial charge is 0.335 e. The molecule has 202 valence electrons. The molecule has 2 aromatic carbocycles. The molecule has 1 aliphatic heterocycles. The van der Waals surface area contributed by atoms with Gasteiger partial charge in [0.25, 0.3) is 0 Å². The second kappa shape index (κ2) is 11.5. The number of amides is 1. The summed E-state index contributed by atoms with van der Waals surface area (Å²) in [5, 5.41) is 31.2. The van der Waals surface area contributed by atoms with Gasteiger partial charge in [-0.1, -0.05) is 46.8 Å². The average Bonchev–Trinajstić information content (AvgIpc) is 3.40. The van der Waals surface area contributed by atoms with Crippen molar-refractivity contribution >= 4 is 63.2 Å². The zero-order valence-electron chi connectivity index (χ0n) is 20.8. The van der Waals surface area contributed by atoms with Crippen LogP contribution in [-0.2, 0) is 9.59 Å². The summed E-state index contributed by atoms with van der Waals surface area (Å²) in [6, 6.07) is 15.1. The van der Waals surface area contributed by atoms with Gasteiger partial charge in [0.05, 0.1) is 28.9 Å². The number of nitrogens with one attached hydrogen (secondary N) is 1. The number of ketones is 1. The van der Waals surface area contributed by atoms with Crippen molar-refractivity contribution in [2.45, 2.75) is 29.5 Å². The molecule has 1 amide bonds. The zero-order valence-corrected chi connectivity index (χ0v) is 23.1. The van der Waals surface area contributed by atoms with Crippen LogP contribution in [0.2, 0.25) is 5.02 Å². The van der Waals surface area contributed by atoms with E-state index >= 15 is 0 Å². The van der Waals surface area contributed by atoms with Gasteiger partial charge in [-0.3, -0.25) is 14.5 Å². The van der Waals surface area contributed by atoms with Crippen molar-refractivity contribution in [3.05, 3.63) is 87.3 Å². The van der Waals surface area contributed by atoms with E-state index in [9.17, 15) is 19.6 Å². The molecule has 4 N–H and O–H groups in total. The molecule has 0 radical (unpaired) electrons. The van der Waals surface area contributed by atoms with Gasteiger partial charge in [-0.05, 0) is 54.8 Å². The Morgan fingerprint density at radius 2 is 2.00 bits per heavy atom. The zero-order chi connectivity index (χ0) is 28.4. The van der Waals surface area contributed by atoms with Gasteiger partial charge < -0.3 is 16.2 Å². The van der Waals surface area contributed by atoms with Gasteiger partial charge in [-0.2, -0.15) is 5.26 Å². The van der Waals surface area contributed by atoms with E-state index in [-0.39, 0.29) is 34.4 Å². The van der Waals surface area contributed by atoms with Crippen LogP contribution in [0.1, 0.15) is 41.1 Å². The number of Topliss-reactive ketones (excluding diaryl/α,β-unsaturated/α-hetero) is 1. The number of carboxylic acids is 1. The largest absolute Gasteiger partial charge is 0.478 e. The molecule has 0 spiro atoms. The first kappa shape index (κ1) is 27.4. The Morgan fingerprint density at radius 1 is 1.23 bits per heavy atom. The van der Waals surface area contributed by atoms with Gasteiger partial charge in [0.15, 0.2) is 10.1 Å². The quantitative estimate of drug-likeness (QED) is 0.321. The normalized spacial score (nSPS) is 16.9. The Bertz CT molecular complexity index is 1630. The van der Waals surface area contributed by atoms with Crippen molar-refractivity contribution in [3.8, 4) is 6.07 Å². The first-order chi connectivity index (χ1) is 19.3. The van der Waals surface area contributed by atoms with Gasteiger partial charge in [-0.25, -0.2) is 4.79 Å². The van der Waals surface area contributed by atoms with Crippen LogP contribution < -0.4 is 16.0 Å². The Labute approximate surface area is 242 Å². The lowest BCUT2D eigenvalue weighted by Gasteiger charge is -2.38. The summed E-state index contributed by atoms with van der Waals surface area (Å²) in [6.07, 6.45) is 1.58. The van der Waals surface area contributed by atoms with Gasteiger partial charge in [0, 0.05) is 28.4 Å².